The van der Waals surface area contributed by atoms with Crippen molar-refractivity contribution in [3.8, 4) is 0 Å². The third kappa shape index (κ3) is 2.84. The highest BCUT2D eigenvalue weighted by Gasteiger charge is 2.26. The largest absolute Gasteiger partial charge is 0.329 e. The third-order valence-corrected chi connectivity index (χ3v) is 4.37. The lowest BCUT2D eigenvalue weighted by Crippen LogP contribution is -2.39. The molecule has 0 aliphatic heterocycles. The van der Waals surface area contributed by atoms with Crippen molar-refractivity contribution in [1.82, 2.24) is 15.0 Å². The van der Waals surface area contributed by atoms with E-state index in [-0.39, 0.29) is 5.91 Å². The average molecular weight is 342 g/mol. The van der Waals surface area contributed by atoms with Crippen molar-refractivity contribution >= 4 is 28.3 Å². The van der Waals surface area contributed by atoms with Crippen molar-refractivity contribution < 1.29 is 4.79 Å². The first kappa shape index (κ1) is 16.0. The highest BCUT2D eigenvalue weighted by atomic mass is 16.2. The molecule has 5 heteroatoms. The van der Waals surface area contributed by atoms with Crippen LogP contribution in [0, 0.1) is 0 Å². The van der Waals surface area contributed by atoms with Crippen molar-refractivity contribution in [2.24, 2.45) is 0 Å². The van der Waals surface area contributed by atoms with Crippen molar-refractivity contribution in [2.75, 3.05) is 4.90 Å². The van der Waals surface area contributed by atoms with Gasteiger partial charge in [-0.25, -0.2) is 0 Å². The Hall–Kier alpha value is -3.47. The molecule has 0 saturated heterocycles. The lowest BCUT2D eigenvalue weighted by atomic mass is 10.1. The van der Waals surface area contributed by atoms with Crippen LogP contribution in [0.5, 0.6) is 0 Å². The molecule has 0 aliphatic carbocycles. The molecule has 0 fully saturated rings. The standard InChI is InChI=1S/C21H18N4O/c1-16(21(26)25-20-15-9-8-14-19(20)22-23-25)24(17-10-4-2-5-11-17)18-12-6-3-7-13-18/h2-16H,1H3/t16-/m0/s1. The molecule has 0 unspecified atom stereocenters. The predicted octanol–water partition coefficient (Wildman–Crippen LogP) is 4.30. The Morgan fingerprint density at radius 3 is 2.00 bits per heavy atom. The summed E-state index contributed by atoms with van der Waals surface area (Å²) in [6.45, 7) is 1.89. The molecule has 4 rings (SSSR count). The SMILES string of the molecule is C[C@@H](C(=O)n1nnc2ccccc21)N(c1ccccc1)c1ccccc1. The number of aromatic nitrogens is 3. The van der Waals surface area contributed by atoms with Crippen LogP contribution in [-0.4, -0.2) is 26.9 Å². The maximum atomic E-state index is 13.2. The van der Waals surface area contributed by atoms with E-state index in [1.165, 1.54) is 4.68 Å². The Bertz CT molecular complexity index is 988. The van der Waals surface area contributed by atoms with E-state index < -0.39 is 6.04 Å². The first-order valence-corrected chi connectivity index (χ1v) is 8.50. The van der Waals surface area contributed by atoms with Gasteiger partial charge in [0.1, 0.15) is 11.6 Å². The fourth-order valence-electron chi connectivity index (χ4n) is 3.09. The number of rotatable bonds is 4. The molecule has 0 N–H and O–H groups in total. The predicted molar refractivity (Wildman–Crippen MR) is 103 cm³/mol. The van der Waals surface area contributed by atoms with Crippen LogP contribution >= 0.6 is 0 Å². The number of fused-ring (bicyclic) bond motifs is 1. The Labute approximate surface area is 151 Å². The molecular weight excluding hydrogens is 324 g/mol. The third-order valence-electron chi connectivity index (χ3n) is 4.37. The van der Waals surface area contributed by atoms with Gasteiger partial charge in [0.15, 0.2) is 0 Å². The molecule has 4 aromatic rings. The van der Waals surface area contributed by atoms with Crippen LogP contribution in [0.15, 0.2) is 84.9 Å². The summed E-state index contributed by atoms with van der Waals surface area (Å²) in [6, 6.07) is 26.8. The van der Waals surface area contributed by atoms with Gasteiger partial charge in [0.2, 0.25) is 0 Å². The number of hydrogen-bond donors (Lipinski definition) is 0. The van der Waals surface area contributed by atoms with Crippen molar-refractivity contribution in [3.05, 3.63) is 84.9 Å². The van der Waals surface area contributed by atoms with Gasteiger partial charge in [-0.2, -0.15) is 4.68 Å². The topological polar surface area (TPSA) is 51.0 Å². The zero-order chi connectivity index (χ0) is 17.9. The minimum absolute atomic E-state index is 0.133. The van der Waals surface area contributed by atoms with Gasteiger partial charge >= 0.3 is 0 Å². The molecule has 1 heterocycles. The van der Waals surface area contributed by atoms with E-state index in [1.807, 2.05) is 96.8 Å². The maximum absolute atomic E-state index is 13.2. The molecule has 0 bridgehead atoms. The molecular formula is C21H18N4O. The van der Waals surface area contributed by atoms with Gasteiger partial charge in [-0.1, -0.05) is 53.7 Å². The second-order valence-corrected chi connectivity index (χ2v) is 6.05. The van der Waals surface area contributed by atoms with Gasteiger partial charge in [0, 0.05) is 11.4 Å². The van der Waals surface area contributed by atoms with Crippen LogP contribution in [0.25, 0.3) is 11.0 Å². The van der Waals surface area contributed by atoms with E-state index in [9.17, 15) is 4.79 Å². The summed E-state index contributed by atoms with van der Waals surface area (Å²) in [5.41, 5.74) is 3.32. The number of carbonyl (C=O) groups is 1. The van der Waals surface area contributed by atoms with Gasteiger partial charge < -0.3 is 4.90 Å². The summed E-state index contributed by atoms with van der Waals surface area (Å²) in [5, 5.41) is 8.18. The second kappa shape index (κ2) is 6.80. The summed E-state index contributed by atoms with van der Waals surface area (Å²) >= 11 is 0. The maximum Gasteiger partial charge on any atom is 0.271 e. The fraction of sp³-hybridized carbons (Fsp3) is 0.0952. The van der Waals surface area contributed by atoms with Crippen molar-refractivity contribution in [3.63, 3.8) is 0 Å². The van der Waals surface area contributed by atoms with Crippen LogP contribution in [0.4, 0.5) is 11.4 Å². The summed E-state index contributed by atoms with van der Waals surface area (Å²) in [6.07, 6.45) is 0. The van der Waals surface area contributed by atoms with E-state index in [2.05, 4.69) is 10.3 Å². The van der Waals surface area contributed by atoms with Crippen molar-refractivity contribution in [1.29, 1.82) is 0 Å². The van der Waals surface area contributed by atoms with Gasteiger partial charge in [-0.3, -0.25) is 4.79 Å². The molecule has 5 nitrogen and oxygen atoms in total. The molecule has 0 aliphatic rings. The second-order valence-electron chi connectivity index (χ2n) is 6.05. The lowest BCUT2D eigenvalue weighted by molar-refractivity contribution is 0.0874. The van der Waals surface area contributed by atoms with E-state index in [4.69, 9.17) is 0 Å². The van der Waals surface area contributed by atoms with Crippen LogP contribution < -0.4 is 4.90 Å². The van der Waals surface area contributed by atoms with Crippen LogP contribution in [0.3, 0.4) is 0 Å². The minimum atomic E-state index is -0.454. The van der Waals surface area contributed by atoms with E-state index >= 15 is 0 Å². The molecule has 26 heavy (non-hydrogen) atoms. The summed E-state index contributed by atoms with van der Waals surface area (Å²) < 4.78 is 1.39. The molecule has 0 amide bonds. The molecule has 0 saturated carbocycles. The van der Waals surface area contributed by atoms with Crippen LogP contribution in [0.1, 0.15) is 11.7 Å². The Morgan fingerprint density at radius 2 is 1.38 bits per heavy atom. The smallest absolute Gasteiger partial charge is 0.271 e. The quantitative estimate of drug-likeness (QED) is 0.555. The number of benzene rings is 3. The highest BCUT2D eigenvalue weighted by molar-refractivity contribution is 5.94. The van der Waals surface area contributed by atoms with E-state index in [1.54, 1.807) is 0 Å². The summed E-state index contributed by atoms with van der Waals surface area (Å²) in [7, 11) is 0. The summed E-state index contributed by atoms with van der Waals surface area (Å²) in [5.74, 6) is -0.133. The average Bonchev–Trinajstić information content (AvgIpc) is 3.13. The molecule has 0 radical (unpaired) electrons. The van der Waals surface area contributed by atoms with E-state index in [0.29, 0.717) is 11.0 Å². The van der Waals surface area contributed by atoms with Crippen molar-refractivity contribution in [2.45, 2.75) is 13.0 Å². The molecule has 1 aromatic heterocycles. The van der Waals surface area contributed by atoms with Gasteiger partial charge in [-0.05, 0) is 43.3 Å². The minimum Gasteiger partial charge on any atom is -0.329 e. The van der Waals surface area contributed by atoms with E-state index in [0.717, 1.165) is 11.4 Å². The van der Waals surface area contributed by atoms with Gasteiger partial charge in [0.05, 0.1) is 5.52 Å². The highest BCUT2D eigenvalue weighted by Crippen LogP contribution is 2.28. The first-order valence-electron chi connectivity index (χ1n) is 8.50. The summed E-state index contributed by atoms with van der Waals surface area (Å²) in [4.78, 5) is 15.2. The molecule has 1 atom stereocenters. The zero-order valence-electron chi connectivity index (χ0n) is 14.4. The first-order chi connectivity index (χ1) is 12.8. The number of carbonyl (C=O) groups excluding carboxylic acids is 1. The fourth-order valence-corrected chi connectivity index (χ4v) is 3.09. The van der Waals surface area contributed by atoms with Gasteiger partial charge in [0.25, 0.3) is 5.91 Å². The Morgan fingerprint density at radius 1 is 0.846 bits per heavy atom. The lowest BCUT2D eigenvalue weighted by Gasteiger charge is -2.30. The molecule has 0 spiro atoms. The molecule has 128 valence electrons. The Balaban J connectivity index is 1.77. The monoisotopic (exact) mass is 342 g/mol. The normalized spacial score (nSPS) is 12.0. The van der Waals surface area contributed by atoms with Crippen LogP contribution in [0.2, 0.25) is 0 Å². The Kier molecular flexibility index (Phi) is 4.19. The molecule has 3 aromatic carbocycles. The van der Waals surface area contributed by atoms with Crippen LogP contribution in [-0.2, 0) is 0 Å². The van der Waals surface area contributed by atoms with Gasteiger partial charge in [-0.15, -0.1) is 5.10 Å². The number of nitrogens with zero attached hydrogens (tertiary/aromatic N) is 4. The number of hydrogen-bond acceptors (Lipinski definition) is 4. The zero-order valence-corrected chi connectivity index (χ0v) is 14.4. The number of anilines is 2. The number of para-hydroxylation sites is 3.